The third-order valence-corrected chi connectivity index (χ3v) is 3.98. The molecule has 0 unspecified atom stereocenters. The Morgan fingerprint density at radius 1 is 0.682 bits per heavy atom. The first-order chi connectivity index (χ1) is 10.4. The summed E-state index contributed by atoms with van der Waals surface area (Å²) in [6.07, 6.45) is 8.56. The highest BCUT2D eigenvalue weighted by Gasteiger charge is 2.24. The van der Waals surface area contributed by atoms with E-state index in [-0.39, 0.29) is 0 Å². The van der Waals surface area contributed by atoms with E-state index in [1.54, 1.807) is 0 Å². The molecule has 0 fully saturated rings. The van der Waals surface area contributed by atoms with Crippen LogP contribution in [0.2, 0.25) is 0 Å². The molecule has 5 nitrogen and oxygen atoms in total. The van der Waals surface area contributed by atoms with Crippen LogP contribution >= 0.6 is 0 Å². The average molecular weight is 298 g/mol. The second-order valence-corrected chi connectivity index (χ2v) is 6.15. The Morgan fingerprint density at radius 3 is 1.41 bits per heavy atom. The molecule has 0 radical (unpaired) electrons. The standard InChI is InChI=1S/C17H24N5/c1-13-7-16(21-11-14(2)9-18(21)4)20(6)17(8-13)22-12-15(3)10-19(22)5/h7-12H,1-6H3/q+3. The zero-order valence-electron chi connectivity index (χ0n) is 14.2. The molecule has 3 heterocycles. The lowest BCUT2D eigenvalue weighted by Crippen LogP contribution is -2.49. The molecule has 0 saturated heterocycles. The number of rotatable bonds is 2. The van der Waals surface area contributed by atoms with Gasteiger partial charge in [-0.1, -0.05) is 9.36 Å². The van der Waals surface area contributed by atoms with Crippen LogP contribution in [-0.4, -0.2) is 9.36 Å². The number of hydrogen-bond acceptors (Lipinski definition) is 0. The zero-order chi connectivity index (χ0) is 16.0. The van der Waals surface area contributed by atoms with Gasteiger partial charge in [0.15, 0.2) is 14.1 Å². The fraction of sp³-hybridized carbons (Fsp3) is 0.353. The predicted molar refractivity (Wildman–Crippen MR) is 82.8 cm³/mol. The van der Waals surface area contributed by atoms with Crippen molar-refractivity contribution in [1.29, 1.82) is 0 Å². The second kappa shape index (κ2) is 5.09. The highest BCUT2D eigenvalue weighted by Crippen LogP contribution is 2.10. The van der Waals surface area contributed by atoms with Crippen LogP contribution in [0.25, 0.3) is 11.6 Å². The van der Waals surface area contributed by atoms with Gasteiger partial charge >= 0.3 is 0 Å². The predicted octanol–water partition coefficient (Wildman–Crippen LogP) is 0.667. The Kier molecular flexibility index (Phi) is 3.35. The topological polar surface area (TPSA) is 21.5 Å². The summed E-state index contributed by atoms with van der Waals surface area (Å²) in [5.41, 5.74) is 3.72. The minimum atomic E-state index is 1.14. The minimum Gasteiger partial charge on any atom is -0.226 e. The SMILES string of the molecule is Cc1cc(-n2cc(C)c[n+]2C)[n+](C)c(-n2cc(C)c[n+]2C)c1. The van der Waals surface area contributed by atoms with Crippen LogP contribution in [0.5, 0.6) is 0 Å². The van der Waals surface area contributed by atoms with Crippen molar-refractivity contribution in [2.75, 3.05) is 0 Å². The molecule has 114 valence electrons. The molecule has 3 aromatic heterocycles. The van der Waals surface area contributed by atoms with Gasteiger partial charge in [0, 0.05) is 12.1 Å². The minimum absolute atomic E-state index is 1.14. The van der Waals surface area contributed by atoms with Crippen molar-refractivity contribution < 1.29 is 13.9 Å². The molecule has 5 heteroatoms. The number of hydrogen-bond donors (Lipinski definition) is 0. The van der Waals surface area contributed by atoms with Crippen LogP contribution in [-0.2, 0) is 21.1 Å². The molecule has 0 aromatic carbocycles. The maximum atomic E-state index is 2.21. The Hall–Kier alpha value is -2.43. The number of pyridine rings is 1. The van der Waals surface area contributed by atoms with Crippen molar-refractivity contribution in [3.63, 3.8) is 0 Å². The summed E-state index contributed by atoms with van der Waals surface area (Å²) in [6, 6.07) is 4.42. The van der Waals surface area contributed by atoms with Crippen LogP contribution in [0.4, 0.5) is 0 Å². The van der Waals surface area contributed by atoms with E-state index in [9.17, 15) is 0 Å². The van der Waals surface area contributed by atoms with Crippen molar-refractivity contribution in [2.45, 2.75) is 20.8 Å². The van der Waals surface area contributed by atoms with Gasteiger partial charge in [-0.15, -0.1) is 0 Å². The zero-order valence-corrected chi connectivity index (χ0v) is 14.2. The molecule has 3 aromatic rings. The average Bonchev–Trinajstić information content (AvgIpc) is 2.93. The second-order valence-electron chi connectivity index (χ2n) is 6.15. The highest BCUT2D eigenvalue weighted by atomic mass is 15.5. The maximum Gasteiger partial charge on any atom is 0.289 e. The van der Waals surface area contributed by atoms with Gasteiger partial charge in [0.2, 0.25) is 12.4 Å². The van der Waals surface area contributed by atoms with E-state index in [2.05, 4.69) is 102 Å². The van der Waals surface area contributed by atoms with Gasteiger partial charge in [-0.25, -0.2) is 4.57 Å². The summed E-state index contributed by atoms with van der Waals surface area (Å²) in [4.78, 5) is 0. The van der Waals surface area contributed by atoms with E-state index in [0.717, 1.165) is 11.6 Å². The van der Waals surface area contributed by atoms with Crippen LogP contribution in [0.3, 0.4) is 0 Å². The molecule has 3 rings (SSSR count). The van der Waals surface area contributed by atoms with Crippen molar-refractivity contribution in [3.8, 4) is 11.6 Å². The van der Waals surface area contributed by atoms with E-state index in [4.69, 9.17) is 0 Å². The molecule has 0 amide bonds. The molecule has 0 atom stereocenters. The summed E-state index contributed by atoms with van der Waals surface area (Å²) < 4.78 is 10.8. The van der Waals surface area contributed by atoms with Gasteiger partial charge in [-0.05, 0) is 35.7 Å². The van der Waals surface area contributed by atoms with Crippen LogP contribution < -0.4 is 13.9 Å². The Labute approximate surface area is 131 Å². The molecule has 22 heavy (non-hydrogen) atoms. The Morgan fingerprint density at radius 2 is 1.09 bits per heavy atom. The molecular weight excluding hydrogens is 274 g/mol. The normalized spacial score (nSPS) is 11.2. The number of nitrogens with zero attached hydrogens (tertiary/aromatic N) is 5. The molecule has 0 N–H and O–H groups in total. The molecular formula is C17H24N5+3. The Bertz CT molecular complexity index is 787. The molecule has 0 aliphatic heterocycles. The third kappa shape index (κ3) is 2.32. The lowest BCUT2D eigenvalue weighted by Gasteiger charge is -2.07. The van der Waals surface area contributed by atoms with Gasteiger partial charge in [0.05, 0.1) is 18.2 Å². The number of aromatic nitrogens is 5. The van der Waals surface area contributed by atoms with E-state index >= 15 is 0 Å². The van der Waals surface area contributed by atoms with Gasteiger partial charge in [-0.2, -0.15) is 0 Å². The molecule has 0 aliphatic rings. The fourth-order valence-electron chi connectivity index (χ4n) is 3.00. The summed E-state index contributed by atoms with van der Waals surface area (Å²) in [7, 11) is 6.23. The molecule has 0 aliphatic carbocycles. The van der Waals surface area contributed by atoms with Crippen LogP contribution in [0.15, 0.2) is 36.9 Å². The Balaban J connectivity index is 2.26. The lowest BCUT2D eigenvalue weighted by molar-refractivity contribution is -0.779. The lowest BCUT2D eigenvalue weighted by atomic mass is 10.2. The van der Waals surface area contributed by atoms with Gasteiger partial charge in [-0.3, -0.25) is 0 Å². The van der Waals surface area contributed by atoms with E-state index < -0.39 is 0 Å². The summed E-state index contributed by atoms with van der Waals surface area (Å²) >= 11 is 0. The highest BCUT2D eigenvalue weighted by molar-refractivity contribution is 5.29. The van der Waals surface area contributed by atoms with Gasteiger partial charge in [0.25, 0.3) is 11.6 Å². The van der Waals surface area contributed by atoms with Crippen molar-refractivity contribution >= 4 is 0 Å². The molecule has 0 spiro atoms. The maximum absolute atomic E-state index is 2.21. The van der Waals surface area contributed by atoms with Crippen molar-refractivity contribution in [3.05, 3.63) is 53.6 Å². The first-order valence-electron chi connectivity index (χ1n) is 7.48. The third-order valence-electron chi connectivity index (χ3n) is 3.98. The first kappa shape index (κ1) is 14.5. The first-order valence-corrected chi connectivity index (χ1v) is 7.48. The smallest absolute Gasteiger partial charge is 0.226 e. The summed E-state index contributed by atoms with van der Waals surface area (Å²) in [6.45, 7) is 6.37. The van der Waals surface area contributed by atoms with Crippen LogP contribution in [0.1, 0.15) is 16.7 Å². The van der Waals surface area contributed by atoms with Crippen molar-refractivity contribution in [2.24, 2.45) is 21.1 Å². The van der Waals surface area contributed by atoms with Gasteiger partial charge < -0.3 is 0 Å². The summed E-state index contributed by atoms with van der Waals surface area (Å²) in [5.74, 6) is 2.27. The van der Waals surface area contributed by atoms with Crippen LogP contribution in [0, 0.1) is 20.8 Å². The van der Waals surface area contributed by atoms with E-state index in [1.807, 2.05) is 0 Å². The largest absolute Gasteiger partial charge is 0.289 e. The quantitative estimate of drug-likeness (QED) is 0.620. The van der Waals surface area contributed by atoms with Gasteiger partial charge in [0.1, 0.15) is 12.4 Å². The number of aryl methyl sites for hydroxylation is 5. The van der Waals surface area contributed by atoms with E-state index in [0.29, 0.717) is 0 Å². The molecule has 0 bridgehead atoms. The summed E-state index contributed by atoms with van der Waals surface area (Å²) in [5, 5.41) is 0. The molecule has 0 saturated carbocycles. The van der Waals surface area contributed by atoms with E-state index in [1.165, 1.54) is 16.7 Å². The van der Waals surface area contributed by atoms with Crippen molar-refractivity contribution in [1.82, 2.24) is 9.36 Å². The fourth-order valence-corrected chi connectivity index (χ4v) is 3.00. The monoisotopic (exact) mass is 298 g/mol.